The topological polar surface area (TPSA) is 73.1 Å². The molecule has 6 nitrogen and oxygen atoms in total. The van der Waals surface area contributed by atoms with Gasteiger partial charge in [-0.05, 0) is 54.9 Å². The summed E-state index contributed by atoms with van der Waals surface area (Å²) < 4.78 is 0. The van der Waals surface area contributed by atoms with Crippen LogP contribution in [0.25, 0.3) is 0 Å². The molecular weight excluding hydrogens is 350 g/mol. The van der Waals surface area contributed by atoms with Gasteiger partial charge in [-0.1, -0.05) is 6.07 Å². The number of amides is 1. The third kappa shape index (κ3) is 3.99. The maximum absolute atomic E-state index is 12.5. The van der Waals surface area contributed by atoms with E-state index in [1.54, 1.807) is 12.4 Å². The van der Waals surface area contributed by atoms with Crippen LogP contribution in [0.3, 0.4) is 0 Å². The van der Waals surface area contributed by atoms with Crippen molar-refractivity contribution in [2.45, 2.75) is 32.1 Å². The number of carbonyl (C=O) groups excluding carboxylic acids is 1. The molecule has 4 rings (SSSR count). The third-order valence-corrected chi connectivity index (χ3v) is 6.17. The van der Waals surface area contributed by atoms with E-state index in [2.05, 4.69) is 31.9 Å². The van der Waals surface area contributed by atoms with Crippen LogP contribution in [0.2, 0.25) is 0 Å². The summed E-state index contributed by atoms with van der Waals surface area (Å²) in [6.07, 6.45) is 9.95. The zero-order valence-electron chi connectivity index (χ0n) is 16.0. The van der Waals surface area contributed by atoms with Gasteiger partial charge in [0, 0.05) is 51.2 Å². The maximum atomic E-state index is 12.5. The standard InChI is InChI=1S/C22H25N5O/c23-14-19-3-4-20(25-16-19)26-12-8-22(9-13-26)7-5-21(28)27(17-22)11-6-18-2-1-10-24-15-18/h1-4,10,15-16H,5-9,11-13,17H2. The van der Waals surface area contributed by atoms with Crippen LogP contribution in [-0.2, 0) is 11.2 Å². The number of hydrogen-bond donors (Lipinski definition) is 0. The molecule has 0 bridgehead atoms. The van der Waals surface area contributed by atoms with E-state index >= 15 is 0 Å². The lowest BCUT2D eigenvalue weighted by molar-refractivity contribution is -0.138. The Balaban J connectivity index is 1.36. The number of pyridine rings is 2. The lowest BCUT2D eigenvalue weighted by atomic mass is 9.72. The van der Waals surface area contributed by atoms with Gasteiger partial charge in [-0.25, -0.2) is 4.98 Å². The highest BCUT2D eigenvalue weighted by Crippen LogP contribution is 2.40. The molecule has 144 valence electrons. The first kappa shape index (κ1) is 18.4. The summed E-state index contributed by atoms with van der Waals surface area (Å²) in [6, 6.07) is 9.89. The summed E-state index contributed by atoms with van der Waals surface area (Å²) in [5, 5.41) is 8.93. The summed E-state index contributed by atoms with van der Waals surface area (Å²) >= 11 is 0. The van der Waals surface area contributed by atoms with E-state index in [1.165, 1.54) is 5.56 Å². The Morgan fingerprint density at radius 1 is 1.14 bits per heavy atom. The van der Waals surface area contributed by atoms with Crippen LogP contribution >= 0.6 is 0 Å². The van der Waals surface area contributed by atoms with Crippen LogP contribution in [0.15, 0.2) is 42.9 Å². The minimum absolute atomic E-state index is 0.228. The molecule has 0 atom stereocenters. The summed E-state index contributed by atoms with van der Waals surface area (Å²) in [5.41, 5.74) is 2.00. The van der Waals surface area contributed by atoms with Crippen molar-refractivity contribution < 1.29 is 4.79 Å². The molecular formula is C22H25N5O. The number of nitriles is 1. The highest BCUT2D eigenvalue weighted by Gasteiger charge is 2.40. The predicted octanol–water partition coefficient (Wildman–Crippen LogP) is 2.80. The molecule has 0 unspecified atom stereocenters. The molecule has 2 aliphatic rings. The van der Waals surface area contributed by atoms with Crippen molar-refractivity contribution in [3.8, 4) is 6.07 Å². The van der Waals surface area contributed by atoms with Crippen LogP contribution < -0.4 is 4.90 Å². The molecule has 2 saturated heterocycles. The van der Waals surface area contributed by atoms with Gasteiger partial charge in [0.15, 0.2) is 0 Å². The molecule has 0 N–H and O–H groups in total. The van der Waals surface area contributed by atoms with Gasteiger partial charge >= 0.3 is 0 Å². The molecule has 6 heteroatoms. The number of nitrogens with zero attached hydrogens (tertiary/aromatic N) is 5. The Labute approximate surface area is 165 Å². The van der Waals surface area contributed by atoms with E-state index in [9.17, 15) is 4.79 Å². The predicted molar refractivity (Wildman–Crippen MR) is 107 cm³/mol. The van der Waals surface area contributed by atoms with E-state index in [0.717, 1.165) is 57.7 Å². The number of aromatic nitrogens is 2. The second kappa shape index (κ2) is 7.97. The lowest BCUT2D eigenvalue weighted by Crippen LogP contribution is -2.52. The zero-order valence-corrected chi connectivity index (χ0v) is 16.0. The van der Waals surface area contributed by atoms with Crippen molar-refractivity contribution >= 4 is 11.7 Å². The molecule has 2 fully saturated rings. The molecule has 2 aromatic heterocycles. The Hall–Kier alpha value is -2.94. The Bertz CT molecular complexity index is 851. The molecule has 2 aliphatic heterocycles. The van der Waals surface area contributed by atoms with E-state index in [1.807, 2.05) is 24.4 Å². The van der Waals surface area contributed by atoms with Gasteiger partial charge in [-0.15, -0.1) is 0 Å². The van der Waals surface area contributed by atoms with Crippen LogP contribution in [0.1, 0.15) is 36.8 Å². The van der Waals surface area contributed by atoms with E-state index in [-0.39, 0.29) is 11.3 Å². The third-order valence-electron chi connectivity index (χ3n) is 6.17. The van der Waals surface area contributed by atoms with Crippen molar-refractivity contribution in [1.82, 2.24) is 14.9 Å². The summed E-state index contributed by atoms with van der Waals surface area (Å²) in [4.78, 5) is 25.4. The molecule has 0 saturated carbocycles. The van der Waals surface area contributed by atoms with Gasteiger partial charge in [0.2, 0.25) is 5.91 Å². The molecule has 1 spiro atoms. The highest BCUT2D eigenvalue weighted by atomic mass is 16.2. The molecule has 1 amide bonds. The Morgan fingerprint density at radius 2 is 2.00 bits per heavy atom. The zero-order chi connectivity index (χ0) is 19.4. The maximum Gasteiger partial charge on any atom is 0.222 e. The molecule has 0 aromatic carbocycles. The highest BCUT2D eigenvalue weighted by molar-refractivity contribution is 5.77. The average molecular weight is 375 g/mol. The first-order valence-corrected chi connectivity index (χ1v) is 9.95. The van der Waals surface area contributed by atoms with Crippen molar-refractivity contribution in [3.63, 3.8) is 0 Å². The Kier molecular flexibility index (Phi) is 5.25. The van der Waals surface area contributed by atoms with Crippen molar-refractivity contribution in [3.05, 3.63) is 54.0 Å². The van der Waals surface area contributed by atoms with Gasteiger partial charge in [0.25, 0.3) is 0 Å². The minimum Gasteiger partial charge on any atom is -0.357 e. The average Bonchev–Trinajstić information content (AvgIpc) is 2.76. The van der Waals surface area contributed by atoms with Crippen LogP contribution in [0.4, 0.5) is 5.82 Å². The van der Waals surface area contributed by atoms with E-state index in [4.69, 9.17) is 5.26 Å². The second-order valence-corrected chi connectivity index (χ2v) is 7.93. The molecule has 2 aromatic rings. The number of anilines is 1. The van der Waals surface area contributed by atoms with Crippen LogP contribution in [0, 0.1) is 16.7 Å². The summed E-state index contributed by atoms with van der Waals surface area (Å²) in [6.45, 7) is 3.53. The number of carbonyl (C=O) groups is 1. The van der Waals surface area contributed by atoms with E-state index in [0.29, 0.717) is 12.0 Å². The minimum atomic E-state index is 0.228. The van der Waals surface area contributed by atoms with Crippen molar-refractivity contribution in [2.24, 2.45) is 5.41 Å². The van der Waals surface area contributed by atoms with Crippen LogP contribution in [-0.4, -0.2) is 47.0 Å². The first-order valence-electron chi connectivity index (χ1n) is 9.95. The SMILES string of the molecule is N#Cc1ccc(N2CCC3(CCC(=O)N(CCc4cccnc4)C3)CC2)nc1. The molecule has 4 heterocycles. The Morgan fingerprint density at radius 3 is 2.68 bits per heavy atom. The van der Waals surface area contributed by atoms with Gasteiger partial charge in [-0.3, -0.25) is 9.78 Å². The fourth-order valence-corrected chi connectivity index (χ4v) is 4.37. The summed E-state index contributed by atoms with van der Waals surface area (Å²) in [5.74, 6) is 1.22. The smallest absolute Gasteiger partial charge is 0.222 e. The van der Waals surface area contributed by atoms with Crippen molar-refractivity contribution in [1.29, 1.82) is 5.26 Å². The second-order valence-electron chi connectivity index (χ2n) is 7.93. The van der Waals surface area contributed by atoms with Gasteiger partial charge in [0.05, 0.1) is 5.56 Å². The lowest BCUT2D eigenvalue weighted by Gasteiger charge is -2.47. The number of likely N-dealkylation sites (tertiary alicyclic amines) is 1. The molecule has 0 aliphatic carbocycles. The van der Waals surface area contributed by atoms with Crippen molar-refractivity contribution in [2.75, 3.05) is 31.1 Å². The van der Waals surface area contributed by atoms with Gasteiger partial charge < -0.3 is 9.80 Å². The monoisotopic (exact) mass is 375 g/mol. The fourth-order valence-electron chi connectivity index (χ4n) is 4.37. The van der Waals surface area contributed by atoms with Gasteiger partial charge in [-0.2, -0.15) is 5.26 Å². The number of piperidine rings is 2. The quantitative estimate of drug-likeness (QED) is 0.822. The summed E-state index contributed by atoms with van der Waals surface area (Å²) in [7, 11) is 0. The van der Waals surface area contributed by atoms with Gasteiger partial charge in [0.1, 0.15) is 11.9 Å². The molecule has 28 heavy (non-hydrogen) atoms. The van der Waals surface area contributed by atoms with Crippen LogP contribution in [0.5, 0.6) is 0 Å². The number of hydrogen-bond acceptors (Lipinski definition) is 5. The molecule has 0 radical (unpaired) electrons. The number of rotatable bonds is 4. The largest absolute Gasteiger partial charge is 0.357 e. The first-order chi connectivity index (χ1) is 13.7. The van der Waals surface area contributed by atoms with E-state index < -0.39 is 0 Å². The normalized spacial score (nSPS) is 18.9. The fraction of sp³-hybridized carbons (Fsp3) is 0.455.